The minimum Gasteiger partial charge on any atom is -0.550 e. The average molecular weight is 889 g/mol. The van der Waals surface area contributed by atoms with Gasteiger partial charge in [0.15, 0.2) is 34.7 Å². The first kappa shape index (κ1) is 57.7. The van der Waals surface area contributed by atoms with Gasteiger partial charge in [-0.05, 0) is 38.5 Å². The zero-order chi connectivity index (χ0) is 45.8. The molecule has 0 amide bonds. The molecule has 0 aliphatic carbocycles. The molecule has 0 spiro atoms. The topological polar surface area (TPSA) is 237 Å². The van der Waals surface area contributed by atoms with Gasteiger partial charge < -0.3 is 39.8 Å². The van der Waals surface area contributed by atoms with Gasteiger partial charge >= 0.3 is 15.1 Å². The SMILES string of the molecule is CCCCOC(OCCCC)C(=O)CC(=O)CC(=O)[O][Al]([O]C(=O)CC(=O)CC(=O)C(OCCCC)OCCCC)[O]C(=O)CC(=O)CC(=O)C(OCCCC)OCCCC. The van der Waals surface area contributed by atoms with Gasteiger partial charge in [0.05, 0.1) is 58.9 Å². The van der Waals surface area contributed by atoms with Crippen molar-refractivity contribution in [1.29, 1.82) is 0 Å². The van der Waals surface area contributed by atoms with Crippen LogP contribution in [0.4, 0.5) is 0 Å². The van der Waals surface area contributed by atoms with Crippen molar-refractivity contribution >= 4 is 67.8 Å². The number of ketones is 6. The van der Waals surface area contributed by atoms with Crippen molar-refractivity contribution in [2.75, 3.05) is 39.6 Å². The predicted octanol–water partition coefficient (Wildman–Crippen LogP) is 5.23. The lowest BCUT2D eigenvalue weighted by atomic mass is 10.1. The summed E-state index contributed by atoms with van der Waals surface area (Å²) in [6, 6.07) is 0. The van der Waals surface area contributed by atoms with Gasteiger partial charge in [0.25, 0.3) is 17.9 Å². The molecular weight excluding hydrogens is 819 g/mol. The Bertz CT molecular complexity index is 1150. The maximum Gasteiger partial charge on any atom is 1.20 e. The number of carbonyl (C=O) groups excluding carboxylic acids is 9. The molecule has 348 valence electrons. The molecule has 0 aromatic rings. The number of ether oxygens (including phenoxy) is 6. The van der Waals surface area contributed by atoms with Crippen LogP contribution < -0.4 is 0 Å². The highest BCUT2D eigenvalue weighted by atomic mass is 27.3. The summed E-state index contributed by atoms with van der Waals surface area (Å²) < 4.78 is 48.2. The van der Waals surface area contributed by atoms with Crippen LogP contribution in [0.1, 0.15) is 157 Å². The molecule has 0 aromatic heterocycles. The second kappa shape index (κ2) is 37.3. The molecule has 0 saturated carbocycles. The summed E-state index contributed by atoms with van der Waals surface area (Å²) in [5.74, 6) is -9.00. The van der Waals surface area contributed by atoms with Gasteiger partial charge in [-0.15, -0.1) is 0 Å². The minimum atomic E-state index is -4.27. The van der Waals surface area contributed by atoms with Crippen molar-refractivity contribution in [3.05, 3.63) is 0 Å². The first-order valence-electron chi connectivity index (χ1n) is 21.7. The third-order valence-corrected chi connectivity index (χ3v) is 9.58. The van der Waals surface area contributed by atoms with E-state index in [9.17, 15) is 43.2 Å². The fourth-order valence-electron chi connectivity index (χ4n) is 4.73. The number of rotatable bonds is 42. The predicted molar refractivity (Wildman–Crippen MR) is 218 cm³/mol. The Morgan fingerprint density at radius 3 is 0.705 bits per heavy atom. The van der Waals surface area contributed by atoms with E-state index >= 15 is 0 Å². The summed E-state index contributed by atoms with van der Waals surface area (Å²) in [7, 11) is 0. The van der Waals surface area contributed by atoms with Gasteiger partial charge in [0, 0.05) is 0 Å². The smallest absolute Gasteiger partial charge is 0.550 e. The summed E-state index contributed by atoms with van der Waals surface area (Å²) in [6.45, 7) is 12.8. The van der Waals surface area contributed by atoms with Crippen LogP contribution in [0.25, 0.3) is 0 Å². The molecule has 0 radical (unpaired) electrons. The fraction of sp³-hybridized carbons (Fsp3) is 0.786. The standard InChI is InChI=1S/3C14H24O6.Al/c3*1-3-5-7-19-14(20-8-6-4-2)12(16)9-11(15)10-13(17)18;/h3*14H,3-10H2,1-2H3,(H,17,18);/q;;;+3/p-3. The molecule has 0 unspecified atom stereocenters. The first-order valence-corrected chi connectivity index (χ1v) is 23.1. The van der Waals surface area contributed by atoms with Crippen LogP contribution in [-0.2, 0) is 82.9 Å². The van der Waals surface area contributed by atoms with Crippen molar-refractivity contribution in [3.8, 4) is 0 Å². The Morgan fingerprint density at radius 1 is 0.328 bits per heavy atom. The largest absolute Gasteiger partial charge is 1.20 e. The van der Waals surface area contributed by atoms with Crippen molar-refractivity contribution < 1.29 is 82.9 Å². The van der Waals surface area contributed by atoms with Crippen LogP contribution >= 0.6 is 0 Å². The molecule has 18 nitrogen and oxygen atoms in total. The maximum absolute atomic E-state index is 12.9. The molecule has 0 atom stereocenters. The van der Waals surface area contributed by atoms with Crippen LogP contribution in [0.15, 0.2) is 0 Å². The van der Waals surface area contributed by atoms with Crippen LogP contribution in [0.3, 0.4) is 0 Å². The van der Waals surface area contributed by atoms with E-state index in [0.29, 0.717) is 38.5 Å². The third kappa shape index (κ3) is 30.4. The second-order valence-corrected chi connectivity index (χ2v) is 15.5. The van der Waals surface area contributed by atoms with Gasteiger partial charge in [-0.1, -0.05) is 80.1 Å². The van der Waals surface area contributed by atoms with Gasteiger partial charge in [0.1, 0.15) is 19.3 Å². The molecule has 0 heterocycles. The molecule has 0 aromatic carbocycles. The summed E-state index contributed by atoms with van der Waals surface area (Å²) in [6.07, 6.45) is -0.861. The van der Waals surface area contributed by atoms with Gasteiger partial charge in [-0.2, -0.15) is 0 Å². The van der Waals surface area contributed by atoms with Crippen LogP contribution in [0, 0.1) is 0 Å². The number of unbranched alkanes of at least 4 members (excludes halogenated alkanes) is 6. The van der Waals surface area contributed by atoms with E-state index in [-0.39, 0.29) is 39.6 Å². The lowest BCUT2D eigenvalue weighted by Gasteiger charge is -2.18. The van der Waals surface area contributed by atoms with Gasteiger partial charge in [0.2, 0.25) is 18.9 Å². The fourth-order valence-corrected chi connectivity index (χ4v) is 5.77. The zero-order valence-corrected chi connectivity index (χ0v) is 38.3. The summed E-state index contributed by atoms with van der Waals surface area (Å²) >= 11 is -4.27. The first-order chi connectivity index (χ1) is 29.2. The lowest BCUT2D eigenvalue weighted by Crippen LogP contribution is -2.37. The van der Waals surface area contributed by atoms with E-state index in [1.165, 1.54) is 0 Å². The summed E-state index contributed by atoms with van der Waals surface area (Å²) in [5, 5.41) is 0. The maximum atomic E-state index is 12.9. The Morgan fingerprint density at radius 2 is 0.525 bits per heavy atom. The molecule has 0 aliphatic rings. The highest BCUT2D eigenvalue weighted by Crippen LogP contribution is 2.12. The van der Waals surface area contributed by atoms with E-state index in [1.54, 1.807) is 0 Å². The highest BCUT2D eigenvalue weighted by Gasteiger charge is 2.49. The third-order valence-electron chi connectivity index (χ3n) is 8.21. The molecular formula is C42H69AlO18. The van der Waals surface area contributed by atoms with Gasteiger partial charge in [-0.3, -0.25) is 43.2 Å². The molecule has 19 heteroatoms. The average Bonchev–Trinajstić information content (AvgIpc) is 3.18. The Hall–Kier alpha value is -3.28. The lowest BCUT2D eigenvalue weighted by molar-refractivity contribution is -0.172. The molecule has 0 fully saturated rings. The number of hydrogen-bond acceptors (Lipinski definition) is 18. The normalized spacial score (nSPS) is 11.2. The molecule has 0 aliphatic heterocycles. The zero-order valence-electron chi connectivity index (χ0n) is 37.1. The molecule has 0 N–H and O–H groups in total. The van der Waals surface area contributed by atoms with Crippen LogP contribution in [0.2, 0.25) is 0 Å². The summed E-state index contributed by atoms with van der Waals surface area (Å²) in [5.41, 5.74) is 0. The number of carbonyl (C=O) groups is 9. The van der Waals surface area contributed by atoms with Crippen molar-refractivity contribution in [1.82, 2.24) is 0 Å². The van der Waals surface area contributed by atoms with Crippen LogP contribution in [0.5, 0.6) is 0 Å². The van der Waals surface area contributed by atoms with Crippen molar-refractivity contribution in [2.24, 2.45) is 0 Å². The van der Waals surface area contributed by atoms with Crippen LogP contribution in [-0.4, -0.2) is 126 Å². The molecule has 0 bridgehead atoms. The molecule has 0 saturated heterocycles. The van der Waals surface area contributed by atoms with E-state index in [0.717, 1.165) is 38.5 Å². The summed E-state index contributed by atoms with van der Waals surface area (Å²) in [4.78, 5) is 115. The minimum absolute atomic E-state index is 0.201. The van der Waals surface area contributed by atoms with Gasteiger partial charge in [-0.25, -0.2) is 0 Å². The number of hydrogen-bond donors (Lipinski definition) is 0. The van der Waals surface area contributed by atoms with E-state index < -0.39 is 125 Å². The molecule has 61 heavy (non-hydrogen) atoms. The van der Waals surface area contributed by atoms with Crippen molar-refractivity contribution in [3.63, 3.8) is 0 Å². The Balaban J connectivity index is 5.86. The molecule has 0 rings (SSSR count). The quantitative estimate of drug-likeness (QED) is 0.0330. The highest BCUT2D eigenvalue weighted by molar-refractivity contribution is 6.45. The second-order valence-electron chi connectivity index (χ2n) is 14.2. The number of Topliss-reactive ketones (excluding diaryl/α,β-unsaturated/α-hetero) is 6. The van der Waals surface area contributed by atoms with E-state index in [2.05, 4.69) is 0 Å². The Labute approximate surface area is 365 Å². The van der Waals surface area contributed by atoms with E-state index in [4.69, 9.17) is 39.8 Å². The van der Waals surface area contributed by atoms with Crippen molar-refractivity contribution in [2.45, 2.75) is 176 Å². The monoisotopic (exact) mass is 888 g/mol. The Kier molecular flexibility index (Phi) is 35.3. The van der Waals surface area contributed by atoms with E-state index in [1.807, 2.05) is 41.5 Å².